The van der Waals surface area contributed by atoms with Crippen molar-refractivity contribution >= 4 is 22.4 Å². The molecule has 0 aromatic carbocycles. The average molecular weight is 267 g/mol. The van der Waals surface area contributed by atoms with Gasteiger partial charge < -0.3 is 11.1 Å². The Kier molecular flexibility index (Phi) is 4.35. The first-order valence-electron chi connectivity index (χ1n) is 6.63. The van der Waals surface area contributed by atoms with Crippen LogP contribution in [-0.4, -0.2) is 17.4 Å². The number of aryl methyl sites for hydroxylation is 1. The van der Waals surface area contributed by atoms with E-state index in [1.54, 1.807) is 11.3 Å². The first-order valence-corrected chi connectivity index (χ1v) is 7.45. The molecule has 1 aromatic heterocycles. The van der Waals surface area contributed by atoms with Gasteiger partial charge >= 0.3 is 0 Å². The Morgan fingerprint density at radius 2 is 2.44 bits per heavy atom. The number of aromatic nitrogens is 1. The topological polar surface area (TPSA) is 68.0 Å². The third-order valence-corrected chi connectivity index (χ3v) is 4.69. The maximum atomic E-state index is 11.8. The van der Waals surface area contributed by atoms with E-state index in [0.717, 1.165) is 23.9 Å². The molecule has 2 unspecified atom stereocenters. The summed E-state index contributed by atoms with van der Waals surface area (Å²) in [6.45, 7) is 4.44. The van der Waals surface area contributed by atoms with Crippen LogP contribution < -0.4 is 11.1 Å². The summed E-state index contributed by atoms with van der Waals surface area (Å²) in [6.07, 6.45) is 4.61. The van der Waals surface area contributed by atoms with Gasteiger partial charge in [-0.3, -0.25) is 4.79 Å². The highest BCUT2D eigenvalue weighted by molar-refractivity contribution is 7.15. The van der Waals surface area contributed by atoms with Gasteiger partial charge in [-0.05, 0) is 25.2 Å². The molecule has 100 valence electrons. The molecule has 1 aromatic rings. The van der Waals surface area contributed by atoms with E-state index in [9.17, 15) is 4.79 Å². The maximum absolute atomic E-state index is 11.8. The highest BCUT2D eigenvalue weighted by Gasteiger charge is 2.22. The molecule has 0 radical (unpaired) electrons. The zero-order valence-corrected chi connectivity index (χ0v) is 11.8. The summed E-state index contributed by atoms with van der Waals surface area (Å²) in [5.74, 6) is 0.592. The minimum atomic E-state index is -0.158. The summed E-state index contributed by atoms with van der Waals surface area (Å²) >= 11 is 1.63. The van der Waals surface area contributed by atoms with Crippen LogP contribution in [0.25, 0.3) is 0 Å². The molecule has 1 amide bonds. The second-order valence-electron chi connectivity index (χ2n) is 5.03. The molecule has 2 atom stereocenters. The van der Waals surface area contributed by atoms with Crippen LogP contribution in [0, 0.1) is 11.8 Å². The SMILES string of the molecule is CCC1CCc2nc(NC(=O)C(C)CN)sc2C1. The average Bonchev–Trinajstić information content (AvgIpc) is 2.78. The van der Waals surface area contributed by atoms with E-state index < -0.39 is 0 Å². The molecule has 0 saturated heterocycles. The van der Waals surface area contributed by atoms with E-state index in [2.05, 4.69) is 17.2 Å². The first-order chi connectivity index (χ1) is 8.63. The molecule has 1 aliphatic carbocycles. The molecule has 4 nitrogen and oxygen atoms in total. The standard InChI is InChI=1S/C13H21N3OS/c1-3-9-4-5-10-11(6-9)18-13(15-10)16-12(17)8(2)7-14/h8-9H,3-7,14H2,1-2H3,(H,15,16,17). The molecule has 0 spiro atoms. The maximum Gasteiger partial charge on any atom is 0.230 e. The molecule has 18 heavy (non-hydrogen) atoms. The van der Waals surface area contributed by atoms with E-state index >= 15 is 0 Å². The lowest BCUT2D eigenvalue weighted by molar-refractivity contribution is -0.119. The van der Waals surface area contributed by atoms with Gasteiger partial charge in [0, 0.05) is 17.3 Å². The van der Waals surface area contributed by atoms with Crippen molar-refractivity contribution in [3.05, 3.63) is 10.6 Å². The highest BCUT2D eigenvalue weighted by atomic mass is 32.1. The number of hydrogen-bond donors (Lipinski definition) is 2. The van der Waals surface area contributed by atoms with Crippen LogP contribution in [0.3, 0.4) is 0 Å². The predicted molar refractivity (Wildman–Crippen MR) is 74.8 cm³/mol. The molecule has 3 N–H and O–H groups in total. The molecule has 0 aliphatic heterocycles. The number of rotatable bonds is 4. The van der Waals surface area contributed by atoms with E-state index in [4.69, 9.17) is 5.73 Å². The molecular weight excluding hydrogens is 246 g/mol. The third kappa shape index (κ3) is 2.90. The zero-order valence-electron chi connectivity index (χ0n) is 11.0. The Morgan fingerprint density at radius 3 is 3.11 bits per heavy atom. The number of thiazole rings is 1. The van der Waals surface area contributed by atoms with Gasteiger partial charge in [-0.2, -0.15) is 0 Å². The summed E-state index contributed by atoms with van der Waals surface area (Å²) < 4.78 is 0. The van der Waals surface area contributed by atoms with Crippen LogP contribution in [0.1, 0.15) is 37.3 Å². The van der Waals surface area contributed by atoms with Gasteiger partial charge in [-0.1, -0.05) is 20.3 Å². The number of hydrogen-bond acceptors (Lipinski definition) is 4. The van der Waals surface area contributed by atoms with Crippen molar-refractivity contribution in [2.45, 2.75) is 39.5 Å². The van der Waals surface area contributed by atoms with E-state index in [0.29, 0.717) is 6.54 Å². The van der Waals surface area contributed by atoms with Crippen molar-refractivity contribution in [2.75, 3.05) is 11.9 Å². The number of nitrogens with zero attached hydrogens (tertiary/aromatic N) is 1. The van der Waals surface area contributed by atoms with E-state index in [-0.39, 0.29) is 11.8 Å². The lowest BCUT2D eigenvalue weighted by atomic mass is 9.89. The molecule has 0 saturated carbocycles. The predicted octanol–water partition coefficient (Wildman–Crippen LogP) is 2.19. The number of fused-ring (bicyclic) bond motifs is 1. The Hall–Kier alpha value is -0.940. The second kappa shape index (κ2) is 5.80. The monoisotopic (exact) mass is 267 g/mol. The molecule has 1 heterocycles. The zero-order chi connectivity index (χ0) is 13.1. The third-order valence-electron chi connectivity index (χ3n) is 3.65. The summed E-state index contributed by atoms with van der Waals surface area (Å²) in [5, 5.41) is 3.61. The number of nitrogens with one attached hydrogen (secondary N) is 1. The number of carbonyl (C=O) groups is 1. The van der Waals surface area contributed by atoms with Crippen molar-refractivity contribution in [1.82, 2.24) is 4.98 Å². The van der Waals surface area contributed by atoms with Crippen LogP contribution >= 0.6 is 11.3 Å². The van der Waals surface area contributed by atoms with Gasteiger partial charge in [0.05, 0.1) is 5.69 Å². The van der Waals surface area contributed by atoms with Crippen molar-refractivity contribution in [3.8, 4) is 0 Å². The summed E-state index contributed by atoms with van der Waals surface area (Å²) in [4.78, 5) is 17.6. The Labute approximate surface area is 112 Å². The normalized spacial score (nSPS) is 20.3. The molecule has 2 rings (SSSR count). The van der Waals surface area contributed by atoms with Crippen molar-refractivity contribution in [2.24, 2.45) is 17.6 Å². The van der Waals surface area contributed by atoms with Crippen LogP contribution in [0.15, 0.2) is 0 Å². The quantitative estimate of drug-likeness (QED) is 0.878. The largest absolute Gasteiger partial charge is 0.330 e. The summed E-state index contributed by atoms with van der Waals surface area (Å²) in [6, 6.07) is 0. The fourth-order valence-corrected chi connectivity index (χ4v) is 3.31. The van der Waals surface area contributed by atoms with Gasteiger partial charge in [0.1, 0.15) is 0 Å². The Balaban J connectivity index is 2.04. The lowest BCUT2D eigenvalue weighted by Crippen LogP contribution is -2.26. The highest BCUT2D eigenvalue weighted by Crippen LogP contribution is 2.33. The van der Waals surface area contributed by atoms with Crippen LogP contribution in [0.4, 0.5) is 5.13 Å². The van der Waals surface area contributed by atoms with Crippen molar-refractivity contribution < 1.29 is 4.79 Å². The first kappa shape index (κ1) is 13.5. The van der Waals surface area contributed by atoms with Crippen LogP contribution in [0.2, 0.25) is 0 Å². The van der Waals surface area contributed by atoms with Crippen molar-refractivity contribution in [1.29, 1.82) is 0 Å². The minimum Gasteiger partial charge on any atom is -0.330 e. The van der Waals surface area contributed by atoms with E-state index in [1.165, 1.54) is 23.4 Å². The fraction of sp³-hybridized carbons (Fsp3) is 0.692. The molecule has 5 heteroatoms. The van der Waals surface area contributed by atoms with Gasteiger partial charge in [0.2, 0.25) is 5.91 Å². The van der Waals surface area contributed by atoms with Gasteiger partial charge in [0.25, 0.3) is 0 Å². The Morgan fingerprint density at radius 1 is 1.67 bits per heavy atom. The number of nitrogens with two attached hydrogens (primary N) is 1. The lowest BCUT2D eigenvalue weighted by Gasteiger charge is -2.18. The molecular formula is C13H21N3OS. The van der Waals surface area contributed by atoms with Crippen LogP contribution in [-0.2, 0) is 17.6 Å². The van der Waals surface area contributed by atoms with Gasteiger partial charge in [-0.25, -0.2) is 4.98 Å². The van der Waals surface area contributed by atoms with Crippen LogP contribution in [0.5, 0.6) is 0 Å². The van der Waals surface area contributed by atoms with E-state index in [1.807, 2.05) is 6.92 Å². The number of carbonyl (C=O) groups excluding carboxylic acids is 1. The molecule has 1 aliphatic rings. The molecule has 0 bridgehead atoms. The number of amides is 1. The van der Waals surface area contributed by atoms with Gasteiger partial charge in [0.15, 0.2) is 5.13 Å². The summed E-state index contributed by atoms with van der Waals surface area (Å²) in [7, 11) is 0. The van der Waals surface area contributed by atoms with Gasteiger partial charge in [-0.15, -0.1) is 11.3 Å². The van der Waals surface area contributed by atoms with Crippen molar-refractivity contribution in [3.63, 3.8) is 0 Å². The smallest absolute Gasteiger partial charge is 0.230 e. The summed E-state index contributed by atoms with van der Waals surface area (Å²) in [5.41, 5.74) is 6.66. The second-order valence-corrected chi connectivity index (χ2v) is 6.12. The minimum absolute atomic E-state index is 0.0318. The number of anilines is 1. The fourth-order valence-electron chi connectivity index (χ4n) is 2.18. The molecule has 0 fully saturated rings. The Bertz CT molecular complexity index is 430.